The van der Waals surface area contributed by atoms with Gasteiger partial charge in [0.15, 0.2) is 0 Å². The van der Waals surface area contributed by atoms with Crippen LogP contribution in [-0.4, -0.2) is 22.5 Å². The number of benzene rings is 1. The van der Waals surface area contributed by atoms with Gasteiger partial charge in [0.2, 0.25) is 0 Å². The molecule has 3 unspecified atom stereocenters. The van der Waals surface area contributed by atoms with Gasteiger partial charge in [-0.3, -0.25) is 0 Å². The molecular formula is C14H16BrNOS. The minimum Gasteiger partial charge on any atom is -0.377 e. The van der Waals surface area contributed by atoms with E-state index in [-0.39, 0.29) is 0 Å². The van der Waals surface area contributed by atoms with Gasteiger partial charge in [-0.25, -0.2) is 4.98 Å². The third-order valence-electron chi connectivity index (χ3n) is 3.51. The minimum absolute atomic E-state index is 0.331. The van der Waals surface area contributed by atoms with Crippen molar-refractivity contribution in [2.24, 2.45) is 5.92 Å². The van der Waals surface area contributed by atoms with Crippen LogP contribution < -0.4 is 0 Å². The molecule has 0 radical (unpaired) electrons. The van der Waals surface area contributed by atoms with Crippen LogP contribution in [0.1, 0.15) is 18.4 Å². The van der Waals surface area contributed by atoms with Crippen LogP contribution >= 0.6 is 27.3 Å². The van der Waals surface area contributed by atoms with Crippen LogP contribution in [0.3, 0.4) is 0 Å². The van der Waals surface area contributed by atoms with Crippen LogP contribution in [0.4, 0.5) is 0 Å². The molecule has 0 bridgehead atoms. The third-order valence-corrected chi connectivity index (χ3v) is 5.41. The van der Waals surface area contributed by atoms with E-state index in [1.807, 2.05) is 6.07 Å². The van der Waals surface area contributed by atoms with Crippen molar-refractivity contribution in [2.75, 3.05) is 6.61 Å². The molecule has 1 aliphatic rings. The van der Waals surface area contributed by atoms with E-state index in [2.05, 4.69) is 46.0 Å². The topological polar surface area (TPSA) is 22.1 Å². The Labute approximate surface area is 120 Å². The van der Waals surface area contributed by atoms with Crippen molar-refractivity contribution in [1.82, 2.24) is 4.98 Å². The quantitative estimate of drug-likeness (QED) is 0.795. The summed E-state index contributed by atoms with van der Waals surface area (Å²) in [5.74, 6) is 0.642. The van der Waals surface area contributed by atoms with E-state index < -0.39 is 0 Å². The average Bonchev–Trinajstić information content (AvgIpc) is 2.94. The summed E-state index contributed by atoms with van der Waals surface area (Å²) in [6.45, 7) is 3.16. The molecule has 2 nitrogen and oxygen atoms in total. The van der Waals surface area contributed by atoms with Gasteiger partial charge in [-0.2, -0.15) is 0 Å². The van der Waals surface area contributed by atoms with Crippen molar-refractivity contribution in [3.05, 3.63) is 29.3 Å². The highest BCUT2D eigenvalue weighted by Gasteiger charge is 2.31. The smallest absolute Gasteiger partial charge is 0.0950 e. The van der Waals surface area contributed by atoms with Crippen molar-refractivity contribution in [2.45, 2.75) is 30.7 Å². The number of fused-ring (bicyclic) bond motifs is 1. The minimum atomic E-state index is 0.331. The highest BCUT2D eigenvalue weighted by Crippen LogP contribution is 2.30. The number of rotatable bonds is 3. The van der Waals surface area contributed by atoms with E-state index >= 15 is 0 Å². The summed E-state index contributed by atoms with van der Waals surface area (Å²) >= 11 is 5.57. The van der Waals surface area contributed by atoms with Crippen molar-refractivity contribution in [3.63, 3.8) is 0 Å². The number of ether oxygens (including phenoxy) is 1. The molecule has 96 valence electrons. The molecule has 2 aromatic rings. The molecule has 0 aliphatic carbocycles. The van der Waals surface area contributed by atoms with Gasteiger partial charge < -0.3 is 4.74 Å². The van der Waals surface area contributed by atoms with E-state index in [4.69, 9.17) is 4.74 Å². The normalized spacial score (nSPS) is 25.7. The van der Waals surface area contributed by atoms with Gasteiger partial charge in [0, 0.05) is 17.9 Å². The molecule has 0 amide bonds. The first-order valence-corrected chi connectivity index (χ1v) is 8.07. The Morgan fingerprint density at radius 3 is 3.06 bits per heavy atom. The number of para-hydroxylation sites is 1. The first-order valence-electron chi connectivity index (χ1n) is 6.34. The Kier molecular flexibility index (Phi) is 3.68. The summed E-state index contributed by atoms with van der Waals surface area (Å²) in [4.78, 5) is 5.05. The summed E-state index contributed by atoms with van der Waals surface area (Å²) in [5.41, 5.74) is 1.11. The van der Waals surface area contributed by atoms with Crippen LogP contribution in [-0.2, 0) is 11.2 Å². The largest absolute Gasteiger partial charge is 0.377 e. The maximum atomic E-state index is 5.80. The molecule has 0 saturated carbocycles. The number of hydrogen-bond acceptors (Lipinski definition) is 3. The van der Waals surface area contributed by atoms with Gasteiger partial charge >= 0.3 is 0 Å². The number of halogens is 1. The van der Waals surface area contributed by atoms with E-state index in [9.17, 15) is 0 Å². The fraction of sp³-hybridized carbons (Fsp3) is 0.500. The second-order valence-electron chi connectivity index (χ2n) is 4.90. The van der Waals surface area contributed by atoms with E-state index in [1.54, 1.807) is 11.3 Å². The number of thiazole rings is 1. The molecule has 2 heterocycles. The molecule has 0 spiro atoms. The van der Waals surface area contributed by atoms with Crippen LogP contribution in [0.2, 0.25) is 0 Å². The number of nitrogens with zero attached hydrogens (tertiary/aromatic N) is 1. The number of alkyl halides is 1. The highest BCUT2D eigenvalue weighted by atomic mass is 79.9. The molecule has 3 atom stereocenters. The first-order chi connectivity index (χ1) is 8.74. The standard InChI is InChI=1S/C14H16BrNOS/c1-9-6-7-17-14(9)10(15)8-13-16-11-4-2-3-5-12(11)18-13/h2-5,9-10,14H,6-8H2,1H3. The summed E-state index contributed by atoms with van der Waals surface area (Å²) in [6.07, 6.45) is 2.46. The van der Waals surface area contributed by atoms with Gasteiger partial charge in [0.1, 0.15) is 0 Å². The average molecular weight is 326 g/mol. The van der Waals surface area contributed by atoms with Crippen LogP contribution in [0.5, 0.6) is 0 Å². The lowest BCUT2D eigenvalue weighted by atomic mass is 10.0. The zero-order valence-corrected chi connectivity index (χ0v) is 12.7. The lowest BCUT2D eigenvalue weighted by Crippen LogP contribution is -2.26. The second kappa shape index (κ2) is 5.27. The molecule has 0 N–H and O–H groups in total. The summed E-state index contributed by atoms with van der Waals surface area (Å²) < 4.78 is 7.07. The zero-order chi connectivity index (χ0) is 12.5. The fourth-order valence-corrected chi connectivity index (χ4v) is 4.69. The molecule has 1 fully saturated rings. The molecule has 1 aliphatic heterocycles. The Bertz CT molecular complexity index is 508. The van der Waals surface area contributed by atoms with Gasteiger partial charge in [-0.15, -0.1) is 11.3 Å². The van der Waals surface area contributed by atoms with Gasteiger partial charge in [0.05, 0.1) is 21.3 Å². The van der Waals surface area contributed by atoms with Crippen LogP contribution in [0, 0.1) is 5.92 Å². The van der Waals surface area contributed by atoms with E-state index in [0.29, 0.717) is 16.8 Å². The molecule has 4 heteroatoms. The van der Waals surface area contributed by atoms with Gasteiger partial charge in [0.25, 0.3) is 0 Å². The molecule has 1 aromatic carbocycles. The lowest BCUT2D eigenvalue weighted by molar-refractivity contribution is 0.0934. The fourth-order valence-electron chi connectivity index (χ4n) is 2.47. The van der Waals surface area contributed by atoms with E-state index in [0.717, 1.165) is 18.5 Å². The van der Waals surface area contributed by atoms with Gasteiger partial charge in [-0.05, 0) is 24.5 Å². The Balaban J connectivity index is 1.75. The van der Waals surface area contributed by atoms with Crippen molar-refractivity contribution < 1.29 is 4.74 Å². The molecule has 1 aromatic heterocycles. The van der Waals surface area contributed by atoms with Crippen molar-refractivity contribution in [3.8, 4) is 0 Å². The zero-order valence-electron chi connectivity index (χ0n) is 10.3. The van der Waals surface area contributed by atoms with Crippen LogP contribution in [0.15, 0.2) is 24.3 Å². The predicted octanol–water partition coefficient (Wildman–Crippen LogP) is 4.03. The summed E-state index contributed by atoms with van der Waals surface area (Å²) in [5, 5.41) is 1.20. The monoisotopic (exact) mass is 325 g/mol. The molecular weight excluding hydrogens is 310 g/mol. The maximum Gasteiger partial charge on any atom is 0.0950 e. The molecule has 18 heavy (non-hydrogen) atoms. The maximum absolute atomic E-state index is 5.80. The lowest BCUT2D eigenvalue weighted by Gasteiger charge is -2.19. The Hall–Kier alpha value is -0.450. The molecule has 3 rings (SSSR count). The third kappa shape index (κ3) is 2.46. The highest BCUT2D eigenvalue weighted by molar-refractivity contribution is 9.09. The van der Waals surface area contributed by atoms with Crippen LogP contribution in [0.25, 0.3) is 10.2 Å². The first kappa shape index (κ1) is 12.6. The summed E-state index contributed by atoms with van der Waals surface area (Å²) in [6, 6.07) is 8.32. The van der Waals surface area contributed by atoms with Crippen molar-refractivity contribution >= 4 is 37.5 Å². The number of aromatic nitrogens is 1. The van der Waals surface area contributed by atoms with E-state index in [1.165, 1.54) is 16.1 Å². The van der Waals surface area contributed by atoms with Gasteiger partial charge in [-0.1, -0.05) is 35.0 Å². The number of hydrogen-bond donors (Lipinski definition) is 0. The Morgan fingerprint density at radius 2 is 2.33 bits per heavy atom. The summed E-state index contributed by atoms with van der Waals surface area (Å²) in [7, 11) is 0. The van der Waals surface area contributed by atoms with Crippen molar-refractivity contribution in [1.29, 1.82) is 0 Å². The second-order valence-corrected chi connectivity index (χ2v) is 7.19. The SMILES string of the molecule is CC1CCOC1C(Br)Cc1nc2ccccc2s1. The predicted molar refractivity (Wildman–Crippen MR) is 79.6 cm³/mol. The Morgan fingerprint density at radius 1 is 1.50 bits per heavy atom. The molecule has 1 saturated heterocycles.